The predicted molar refractivity (Wildman–Crippen MR) is 149 cm³/mol. The topological polar surface area (TPSA) is 99.8 Å². The van der Waals surface area contributed by atoms with Crippen LogP contribution in [0.2, 0.25) is 0 Å². The van der Waals surface area contributed by atoms with Crippen LogP contribution in [0.1, 0.15) is 45.2 Å². The van der Waals surface area contributed by atoms with Gasteiger partial charge in [-0.2, -0.15) is 0 Å². The zero-order chi connectivity index (χ0) is 28.5. The summed E-state index contributed by atoms with van der Waals surface area (Å²) >= 11 is 0. The van der Waals surface area contributed by atoms with Crippen molar-refractivity contribution >= 4 is 17.7 Å². The van der Waals surface area contributed by atoms with Crippen molar-refractivity contribution in [1.82, 2.24) is 20.9 Å². The first kappa shape index (κ1) is 30.1. The maximum absolute atomic E-state index is 13.4. The fourth-order valence-electron chi connectivity index (χ4n) is 4.54. The minimum atomic E-state index is -0.886. The average molecular weight is 541 g/mol. The molecule has 212 valence electrons. The van der Waals surface area contributed by atoms with Crippen LogP contribution in [0.25, 0.3) is 0 Å². The highest BCUT2D eigenvalue weighted by atomic mass is 19.1. The van der Waals surface area contributed by atoms with Gasteiger partial charge in [0.15, 0.2) is 0 Å². The summed E-state index contributed by atoms with van der Waals surface area (Å²) in [6.07, 6.45) is 1.36. The van der Waals surface area contributed by atoms with E-state index < -0.39 is 24.0 Å². The number of nitrogens with zero attached hydrogens (tertiary/aromatic N) is 1. The monoisotopic (exact) mass is 540 g/mol. The first-order valence-corrected chi connectivity index (χ1v) is 13.6. The highest BCUT2D eigenvalue weighted by Gasteiger charge is 2.32. The molecular formula is C30H41FN4O4. The third kappa shape index (κ3) is 8.51. The second kappa shape index (κ2) is 14.1. The molecule has 0 saturated carbocycles. The smallest absolute Gasteiger partial charge is 0.243 e. The van der Waals surface area contributed by atoms with E-state index in [1.165, 1.54) is 17.0 Å². The van der Waals surface area contributed by atoms with Gasteiger partial charge >= 0.3 is 0 Å². The van der Waals surface area contributed by atoms with Gasteiger partial charge in [-0.05, 0) is 61.9 Å². The lowest BCUT2D eigenvalue weighted by Crippen LogP contribution is -2.57. The number of nitrogens with one attached hydrogen (secondary N) is 3. The van der Waals surface area contributed by atoms with E-state index in [-0.39, 0.29) is 36.1 Å². The number of rotatable bonds is 3. The third-order valence-corrected chi connectivity index (χ3v) is 7.07. The molecule has 1 aliphatic heterocycles. The Hall–Kier alpha value is -3.46. The van der Waals surface area contributed by atoms with Gasteiger partial charge in [0, 0.05) is 26.6 Å². The van der Waals surface area contributed by atoms with Crippen molar-refractivity contribution in [3.63, 3.8) is 0 Å². The molecule has 2 aromatic rings. The number of hydrogen-bond donors (Lipinski definition) is 3. The summed E-state index contributed by atoms with van der Waals surface area (Å²) in [7, 11) is 1.59. The molecular weight excluding hydrogens is 499 g/mol. The molecule has 4 atom stereocenters. The molecule has 0 bridgehead atoms. The minimum absolute atomic E-state index is 0.0303. The number of ether oxygens (including phenoxy) is 1. The second-order valence-electron chi connectivity index (χ2n) is 10.6. The number of carbonyl (C=O) groups excluding carboxylic acids is 3. The van der Waals surface area contributed by atoms with Crippen LogP contribution in [-0.4, -0.2) is 67.0 Å². The van der Waals surface area contributed by atoms with Gasteiger partial charge in [0.05, 0.1) is 6.04 Å². The van der Waals surface area contributed by atoms with Gasteiger partial charge in [0.1, 0.15) is 29.8 Å². The minimum Gasteiger partial charge on any atom is -0.489 e. The van der Waals surface area contributed by atoms with Gasteiger partial charge in [-0.25, -0.2) is 4.39 Å². The molecule has 8 nitrogen and oxygen atoms in total. The number of likely N-dealkylation sites (N-methyl/N-ethyl adjacent to an activating group) is 1. The molecule has 0 spiro atoms. The summed E-state index contributed by atoms with van der Waals surface area (Å²) in [5, 5.41) is 9.08. The number of amides is 3. The molecule has 3 rings (SSSR count). The van der Waals surface area contributed by atoms with E-state index in [0.29, 0.717) is 31.5 Å². The highest BCUT2D eigenvalue weighted by Crippen LogP contribution is 2.21. The lowest BCUT2D eigenvalue weighted by atomic mass is 10.0. The molecule has 3 amide bonds. The predicted octanol–water partition coefficient (Wildman–Crippen LogP) is 2.84. The lowest BCUT2D eigenvalue weighted by Gasteiger charge is -2.32. The highest BCUT2D eigenvalue weighted by molar-refractivity contribution is 5.93. The van der Waals surface area contributed by atoms with Gasteiger partial charge in [-0.15, -0.1) is 0 Å². The van der Waals surface area contributed by atoms with E-state index in [4.69, 9.17) is 4.74 Å². The maximum Gasteiger partial charge on any atom is 0.243 e. The number of halogens is 1. The summed E-state index contributed by atoms with van der Waals surface area (Å²) in [4.78, 5) is 41.3. The number of carbonyl (C=O) groups is 3. The Balaban J connectivity index is 1.87. The molecule has 0 radical (unpaired) electrons. The first-order chi connectivity index (χ1) is 18.6. The van der Waals surface area contributed by atoms with Crippen molar-refractivity contribution in [2.75, 3.05) is 20.1 Å². The Morgan fingerprint density at radius 1 is 1.03 bits per heavy atom. The van der Waals surface area contributed by atoms with Crippen LogP contribution in [0.3, 0.4) is 0 Å². The van der Waals surface area contributed by atoms with Crippen LogP contribution in [0.15, 0.2) is 48.5 Å². The average Bonchev–Trinajstić information content (AvgIpc) is 2.91. The standard InChI is InChI=1S/C30H41FN4O4/c1-19(2)27-30(38)35(5)21(4)28(36)34-25(17-22-12-14-24(31)15-13-22)29(37)32-16-8-10-23-9-6-7-11-26(23)39-20(3)18-33-27/h6-7,9,11-15,19-21,25,27,33H,8,10,16-18H2,1-5H3,(H,32,37)(H,34,36)/t20-,21-,25-,27+/m1/s1. The fourth-order valence-corrected chi connectivity index (χ4v) is 4.54. The number of hydrogen-bond acceptors (Lipinski definition) is 5. The van der Waals surface area contributed by atoms with Gasteiger partial charge < -0.3 is 25.6 Å². The number of fused-ring (bicyclic) bond motifs is 1. The summed E-state index contributed by atoms with van der Waals surface area (Å²) in [5.41, 5.74) is 1.74. The van der Waals surface area contributed by atoms with Gasteiger partial charge in [0.25, 0.3) is 0 Å². The van der Waals surface area contributed by atoms with Crippen molar-refractivity contribution in [1.29, 1.82) is 0 Å². The molecule has 9 heteroatoms. The van der Waals surface area contributed by atoms with Crippen LogP contribution in [0, 0.1) is 11.7 Å². The molecule has 0 fully saturated rings. The lowest BCUT2D eigenvalue weighted by molar-refractivity contribution is -0.141. The number of para-hydroxylation sites is 1. The van der Waals surface area contributed by atoms with Crippen LogP contribution in [0.4, 0.5) is 4.39 Å². The maximum atomic E-state index is 13.4. The molecule has 1 heterocycles. The van der Waals surface area contributed by atoms with Crippen LogP contribution < -0.4 is 20.7 Å². The molecule has 0 unspecified atom stereocenters. The first-order valence-electron chi connectivity index (χ1n) is 13.6. The molecule has 2 aromatic carbocycles. The Morgan fingerprint density at radius 3 is 2.41 bits per heavy atom. The van der Waals surface area contributed by atoms with Gasteiger partial charge in [-0.1, -0.05) is 44.2 Å². The normalized spacial score (nSPS) is 24.2. The number of benzene rings is 2. The zero-order valence-corrected chi connectivity index (χ0v) is 23.5. The van der Waals surface area contributed by atoms with Crippen molar-refractivity contribution in [3.05, 3.63) is 65.5 Å². The Kier molecular flexibility index (Phi) is 10.9. The molecule has 0 aromatic heterocycles. The molecule has 39 heavy (non-hydrogen) atoms. The van der Waals surface area contributed by atoms with E-state index in [1.807, 2.05) is 45.0 Å². The van der Waals surface area contributed by atoms with Crippen LogP contribution >= 0.6 is 0 Å². The van der Waals surface area contributed by atoms with E-state index in [9.17, 15) is 18.8 Å². The Morgan fingerprint density at radius 2 is 1.72 bits per heavy atom. The number of aryl methyl sites for hydroxylation is 1. The van der Waals surface area contributed by atoms with Crippen molar-refractivity contribution in [2.45, 2.75) is 71.2 Å². The van der Waals surface area contributed by atoms with Gasteiger partial charge in [-0.3, -0.25) is 14.4 Å². The van der Waals surface area contributed by atoms with E-state index >= 15 is 0 Å². The van der Waals surface area contributed by atoms with E-state index in [1.54, 1.807) is 26.1 Å². The fraction of sp³-hybridized carbons (Fsp3) is 0.500. The largest absolute Gasteiger partial charge is 0.489 e. The van der Waals surface area contributed by atoms with Gasteiger partial charge in [0.2, 0.25) is 17.7 Å². The molecule has 1 aliphatic rings. The Labute approximate surface area is 230 Å². The molecule has 3 N–H and O–H groups in total. The SMILES string of the molecule is CC(C)[C@@H]1NC[C@@H](C)Oc2ccccc2CCCNC(=O)[C@@H](Cc2ccc(F)cc2)NC(=O)[C@@H](C)N(C)C1=O. The second-order valence-corrected chi connectivity index (χ2v) is 10.6. The van der Waals surface area contributed by atoms with E-state index in [0.717, 1.165) is 11.3 Å². The van der Waals surface area contributed by atoms with Crippen LogP contribution in [0.5, 0.6) is 5.75 Å². The van der Waals surface area contributed by atoms with E-state index in [2.05, 4.69) is 16.0 Å². The molecule has 0 aliphatic carbocycles. The summed E-state index contributed by atoms with van der Waals surface area (Å²) in [6.45, 7) is 8.34. The Bertz CT molecular complexity index is 1120. The van der Waals surface area contributed by atoms with Crippen molar-refractivity contribution in [3.8, 4) is 5.75 Å². The summed E-state index contributed by atoms with van der Waals surface area (Å²) in [6, 6.07) is 11.4. The molecule has 0 saturated heterocycles. The van der Waals surface area contributed by atoms with Crippen molar-refractivity contribution in [2.24, 2.45) is 5.92 Å². The summed E-state index contributed by atoms with van der Waals surface area (Å²) < 4.78 is 19.7. The third-order valence-electron chi connectivity index (χ3n) is 7.07. The quantitative estimate of drug-likeness (QED) is 0.556. The van der Waals surface area contributed by atoms with Crippen LogP contribution in [-0.2, 0) is 27.2 Å². The van der Waals surface area contributed by atoms with Crippen molar-refractivity contribution < 1.29 is 23.5 Å². The summed E-state index contributed by atoms with van der Waals surface area (Å²) in [5.74, 6) is -0.632. The zero-order valence-electron chi connectivity index (χ0n) is 23.5.